The molecule has 1 N–H and O–H groups in total. The average molecular weight is 183 g/mol. The van der Waals surface area contributed by atoms with E-state index in [1.54, 1.807) is 0 Å². The Hall–Kier alpha value is -0.0400. The van der Waals surface area contributed by atoms with Crippen molar-refractivity contribution in [3.05, 3.63) is 0 Å². The Morgan fingerprint density at radius 3 is 2.62 bits per heavy atom. The minimum atomic E-state index is 0.825. The van der Waals surface area contributed by atoms with Crippen molar-refractivity contribution in [2.24, 2.45) is 5.92 Å². The summed E-state index contributed by atoms with van der Waals surface area (Å²) < 4.78 is 0. The van der Waals surface area contributed by atoms with E-state index in [0.717, 1.165) is 12.0 Å². The lowest BCUT2D eigenvalue weighted by Gasteiger charge is -2.29. The third-order valence-corrected chi connectivity index (χ3v) is 3.30. The predicted octanol–water partition coefficient (Wildman–Crippen LogP) is 3.34. The Balaban J connectivity index is 2.05. The Morgan fingerprint density at radius 2 is 1.92 bits per heavy atom. The molecule has 1 saturated carbocycles. The van der Waals surface area contributed by atoms with Gasteiger partial charge in [0.05, 0.1) is 0 Å². The number of nitrogens with one attached hydrogen (secondary N) is 1. The normalized spacial score (nSPS) is 29.1. The number of rotatable bonds is 5. The zero-order valence-electron chi connectivity index (χ0n) is 9.31. The largest absolute Gasteiger partial charge is 0.314 e. The van der Waals surface area contributed by atoms with E-state index in [1.807, 2.05) is 0 Å². The summed E-state index contributed by atoms with van der Waals surface area (Å²) in [6.45, 7) is 5.91. The fourth-order valence-corrected chi connectivity index (χ4v) is 2.28. The highest BCUT2D eigenvalue weighted by atomic mass is 14.9. The van der Waals surface area contributed by atoms with Crippen molar-refractivity contribution in [1.29, 1.82) is 0 Å². The molecule has 0 heterocycles. The third kappa shape index (κ3) is 4.12. The molecule has 0 unspecified atom stereocenters. The van der Waals surface area contributed by atoms with Crippen LogP contribution in [-0.2, 0) is 0 Å². The van der Waals surface area contributed by atoms with E-state index >= 15 is 0 Å². The first-order valence-corrected chi connectivity index (χ1v) is 6.08. The van der Waals surface area contributed by atoms with Crippen LogP contribution in [0.3, 0.4) is 0 Å². The zero-order chi connectivity index (χ0) is 9.52. The minimum Gasteiger partial charge on any atom is -0.314 e. The molecule has 1 nitrogen and oxygen atoms in total. The lowest BCUT2D eigenvalue weighted by molar-refractivity contribution is 0.280. The Morgan fingerprint density at radius 1 is 1.15 bits per heavy atom. The molecule has 1 aliphatic rings. The summed E-state index contributed by atoms with van der Waals surface area (Å²) in [5.74, 6) is 0.912. The van der Waals surface area contributed by atoms with E-state index in [-0.39, 0.29) is 0 Å². The number of hydrogen-bond donors (Lipinski definition) is 1. The summed E-state index contributed by atoms with van der Waals surface area (Å²) in [6.07, 6.45) is 9.82. The maximum absolute atomic E-state index is 3.71. The molecular formula is C12H25N. The van der Waals surface area contributed by atoms with Gasteiger partial charge in [0.1, 0.15) is 0 Å². The first-order chi connectivity index (χ1) is 6.34. The van der Waals surface area contributed by atoms with Crippen molar-refractivity contribution in [1.82, 2.24) is 5.32 Å². The van der Waals surface area contributed by atoms with Crippen LogP contribution in [0.1, 0.15) is 58.8 Å². The second-order valence-electron chi connectivity index (χ2n) is 4.53. The van der Waals surface area contributed by atoms with Gasteiger partial charge < -0.3 is 5.32 Å². The molecule has 1 aliphatic carbocycles. The third-order valence-electron chi connectivity index (χ3n) is 3.30. The van der Waals surface area contributed by atoms with Gasteiger partial charge in [0.2, 0.25) is 0 Å². The molecule has 0 spiro atoms. The Labute approximate surface area is 83.3 Å². The molecule has 2 atom stereocenters. The van der Waals surface area contributed by atoms with Crippen LogP contribution < -0.4 is 5.32 Å². The van der Waals surface area contributed by atoms with Crippen LogP contribution in [0.2, 0.25) is 0 Å². The summed E-state index contributed by atoms with van der Waals surface area (Å²) in [7, 11) is 0. The quantitative estimate of drug-likeness (QED) is 0.645. The summed E-state index contributed by atoms with van der Waals surface area (Å²) >= 11 is 0. The minimum absolute atomic E-state index is 0.825. The van der Waals surface area contributed by atoms with E-state index in [4.69, 9.17) is 0 Å². The van der Waals surface area contributed by atoms with Gasteiger partial charge in [0.25, 0.3) is 0 Å². The summed E-state index contributed by atoms with van der Waals surface area (Å²) in [5, 5.41) is 3.71. The van der Waals surface area contributed by atoms with Crippen LogP contribution in [0.4, 0.5) is 0 Å². The molecule has 0 aromatic heterocycles. The monoisotopic (exact) mass is 183 g/mol. The lowest BCUT2D eigenvalue weighted by Crippen LogP contribution is -2.37. The van der Waals surface area contributed by atoms with Crippen molar-refractivity contribution < 1.29 is 0 Å². The van der Waals surface area contributed by atoms with Gasteiger partial charge in [-0.3, -0.25) is 0 Å². The Bertz CT molecular complexity index is 122. The second kappa shape index (κ2) is 6.42. The summed E-state index contributed by atoms with van der Waals surface area (Å²) in [4.78, 5) is 0. The van der Waals surface area contributed by atoms with Gasteiger partial charge in [0.15, 0.2) is 0 Å². The van der Waals surface area contributed by atoms with Crippen molar-refractivity contribution in [3.63, 3.8) is 0 Å². The van der Waals surface area contributed by atoms with Gasteiger partial charge >= 0.3 is 0 Å². The molecule has 1 rings (SSSR count). The van der Waals surface area contributed by atoms with Gasteiger partial charge in [-0.25, -0.2) is 0 Å². The molecule has 0 aromatic carbocycles. The fraction of sp³-hybridized carbons (Fsp3) is 1.00. The molecule has 0 amide bonds. The maximum Gasteiger partial charge on any atom is 0.00926 e. The van der Waals surface area contributed by atoms with Crippen LogP contribution in [0.15, 0.2) is 0 Å². The number of unbranched alkanes of at least 4 members (excludes halogenated alkanes) is 2. The molecule has 0 radical (unpaired) electrons. The highest BCUT2D eigenvalue weighted by molar-refractivity contribution is 4.77. The van der Waals surface area contributed by atoms with Crippen LogP contribution in [-0.4, -0.2) is 12.6 Å². The van der Waals surface area contributed by atoms with Gasteiger partial charge in [-0.1, -0.05) is 39.5 Å². The van der Waals surface area contributed by atoms with E-state index in [9.17, 15) is 0 Å². The standard InChI is InChI=1S/C12H25N/c1-3-4-7-10-13-12-9-6-5-8-11(12)2/h11-13H,3-10H2,1-2H3/t11-,12-/m0/s1. The zero-order valence-corrected chi connectivity index (χ0v) is 9.31. The molecule has 1 heteroatoms. The first-order valence-electron chi connectivity index (χ1n) is 6.08. The van der Waals surface area contributed by atoms with Crippen molar-refractivity contribution in [2.45, 2.75) is 64.8 Å². The molecule has 13 heavy (non-hydrogen) atoms. The summed E-state index contributed by atoms with van der Waals surface area (Å²) in [5.41, 5.74) is 0. The lowest BCUT2D eigenvalue weighted by atomic mass is 9.86. The Kier molecular flexibility index (Phi) is 5.45. The summed E-state index contributed by atoms with van der Waals surface area (Å²) in [6, 6.07) is 0.825. The van der Waals surface area contributed by atoms with Gasteiger partial charge in [-0.15, -0.1) is 0 Å². The molecule has 0 aliphatic heterocycles. The first kappa shape index (κ1) is 11.0. The van der Waals surface area contributed by atoms with Crippen LogP contribution >= 0.6 is 0 Å². The van der Waals surface area contributed by atoms with Gasteiger partial charge in [-0.05, 0) is 31.7 Å². The number of hydrogen-bond acceptors (Lipinski definition) is 1. The van der Waals surface area contributed by atoms with Crippen LogP contribution in [0.5, 0.6) is 0 Å². The topological polar surface area (TPSA) is 12.0 Å². The SMILES string of the molecule is CCCCCN[C@H]1CCCC[C@@H]1C. The van der Waals surface area contributed by atoms with Gasteiger partial charge in [0, 0.05) is 6.04 Å². The molecular weight excluding hydrogens is 158 g/mol. The van der Waals surface area contributed by atoms with E-state index in [0.29, 0.717) is 0 Å². The van der Waals surface area contributed by atoms with Crippen LogP contribution in [0, 0.1) is 5.92 Å². The molecule has 0 aromatic rings. The second-order valence-corrected chi connectivity index (χ2v) is 4.53. The van der Waals surface area contributed by atoms with E-state index < -0.39 is 0 Å². The van der Waals surface area contributed by atoms with Crippen molar-refractivity contribution >= 4 is 0 Å². The van der Waals surface area contributed by atoms with Crippen molar-refractivity contribution in [3.8, 4) is 0 Å². The molecule has 78 valence electrons. The maximum atomic E-state index is 3.71. The highest BCUT2D eigenvalue weighted by Gasteiger charge is 2.19. The molecule has 0 bridgehead atoms. The highest BCUT2D eigenvalue weighted by Crippen LogP contribution is 2.23. The molecule has 1 fully saturated rings. The smallest absolute Gasteiger partial charge is 0.00926 e. The van der Waals surface area contributed by atoms with Crippen LogP contribution in [0.25, 0.3) is 0 Å². The van der Waals surface area contributed by atoms with Gasteiger partial charge in [-0.2, -0.15) is 0 Å². The molecule has 0 saturated heterocycles. The van der Waals surface area contributed by atoms with Crippen molar-refractivity contribution in [2.75, 3.05) is 6.54 Å². The van der Waals surface area contributed by atoms with E-state index in [2.05, 4.69) is 19.2 Å². The van der Waals surface area contributed by atoms with E-state index in [1.165, 1.54) is 51.5 Å². The average Bonchev–Trinajstić information content (AvgIpc) is 2.15. The fourth-order valence-electron chi connectivity index (χ4n) is 2.28. The predicted molar refractivity (Wildman–Crippen MR) is 58.9 cm³/mol.